The molecule has 0 atom stereocenters. The number of fused-ring (bicyclic) bond motifs is 1. The van der Waals surface area contributed by atoms with Crippen molar-refractivity contribution in [2.45, 2.75) is 6.92 Å². The molecule has 0 saturated heterocycles. The molecule has 0 unspecified atom stereocenters. The second-order valence-corrected chi connectivity index (χ2v) is 5.46. The topological polar surface area (TPSA) is 46.4 Å². The minimum Gasteiger partial charge on any atom is -0.321 e. The lowest BCUT2D eigenvalue weighted by Crippen LogP contribution is -2.15. The van der Waals surface area contributed by atoms with E-state index in [1.54, 1.807) is 53.9 Å². The fourth-order valence-electron chi connectivity index (χ4n) is 2.13. The van der Waals surface area contributed by atoms with Crippen LogP contribution in [0, 0.1) is 6.92 Å². The van der Waals surface area contributed by atoms with Gasteiger partial charge in [-0.2, -0.15) is 0 Å². The number of pyridine rings is 1. The predicted molar refractivity (Wildman–Crippen MR) is 84.3 cm³/mol. The predicted octanol–water partition coefficient (Wildman–Crippen LogP) is 4.20. The van der Waals surface area contributed by atoms with Crippen molar-refractivity contribution in [2.75, 3.05) is 5.32 Å². The maximum absolute atomic E-state index is 12.5. The Morgan fingerprint density at radius 2 is 1.76 bits per heavy atom. The van der Waals surface area contributed by atoms with Crippen LogP contribution >= 0.6 is 23.2 Å². The van der Waals surface area contributed by atoms with Crippen LogP contribution in [-0.2, 0) is 0 Å². The van der Waals surface area contributed by atoms with E-state index in [-0.39, 0.29) is 5.91 Å². The highest BCUT2D eigenvalue weighted by molar-refractivity contribution is 6.31. The van der Waals surface area contributed by atoms with Crippen molar-refractivity contribution in [1.29, 1.82) is 0 Å². The van der Waals surface area contributed by atoms with Crippen LogP contribution < -0.4 is 5.32 Å². The number of imidazole rings is 1. The van der Waals surface area contributed by atoms with E-state index in [9.17, 15) is 4.79 Å². The third-order valence-electron chi connectivity index (χ3n) is 3.07. The lowest BCUT2D eigenvalue weighted by molar-refractivity contribution is 0.102. The third kappa shape index (κ3) is 2.73. The molecule has 106 valence electrons. The van der Waals surface area contributed by atoms with Crippen LogP contribution in [0.5, 0.6) is 0 Å². The smallest absolute Gasteiger partial charge is 0.274 e. The zero-order valence-corrected chi connectivity index (χ0v) is 12.6. The van der Waals surface area contributed by atoms with Crippen molar-refractivity contribution in [1.82, 2.24) is 9.38 Å². The molecule has 3 rings (SSSR count). The second kappa shape index (κ2) is 5.39. The molecule has 0 radical (unpaired) electrons. The first-order chi connectivity index (χ1) is 10.0. The Bertz CT molecular complexity index is 825. The number of carbonyl (C=O) groups excluding carboxylic acids is 1. The molecular weight excluding hydrogens is 309 g/mol. The van der Waals surface area contributed by atoms with Crippen LogP contribution in [-0.4, -0.2) is 15.3 Å². The number of carbonyl (C=O) groups is 1. The van der Waals surface area contributed by atoms with E-state index in [1.807, 2.05) is 0 Å². The van der Waals surface area contributed by atoms with Gasteiger partial charge >= 0.3 is 0 Å². The molecule has 4 nitrogen and oxygen atoms in total. The number of nitrogens with one attached hydrogen (secondary N) is 1. The average molecular weight is 320 g/mol. The molecule has 0 spiro atoms. The SMILES string of the molecule is Cc1nc2ccc(Cl)cn2c1C(=O)Nc1ccc(Cl)cc1. The van der Waals surface area contributed by atoms with Gasteiger partial charge in [0.1, 0.15) is 11.3 Å². The average Bonchev–Trinajstić information content (AvgIpc) is 2.76. The standard InChI is InChI=1S/C15H11Cl2N3O/c1-9-14(20-8-11(17)4-7-13(20)18-9)15(21)19-12-5-2-10(16)3-6-12/h2-8H,1H3,(H,19,21). The summed E-state index contributed by atoms with van der Waals surface area (Å²) in [6, 6.07) is 10.4. The van der Waals surface area contributed by atoms with Gasteiger partial charge < -0.3 is 5.32 Å². The van der Waals surface area contributed by atoms with Crippen LogP contribution in [0.15, 0.2) is 42.6 Å². The monoisotopic (exact) mass is 319 g/mol. The molecule has 0 aliphatic rings. The lowest BCUT2D eigenvalue weighted by atomic mass is 10.3. The Kier molecular flexibility index (Phi) is 3.57. The molecule has 0 bridgehead atoms. The van der Waals surface area contributed by atoms with Crippen LogP contribution in [0.1, 0.15) is 16.2 Å². The van der Waals surface area contributed by atoms with Crippen LogP contribution in [0.25, 0.3) is 5.65 Å². The quantitative estimate of drug-likeness (QED) is 0.769. The summed E-state index contributed by atoms with van der Waals surface area (Å²) in [5, 5.41) is 3.98. The van der Waals surface area contributed by atoms with E-state index in [0.717, 1.165) is 0 Å². The number of halogens is 2. The van der Waals surface area contributed by atoms with Crippen molar-refractivity contribution < 1.29 is 4.79 Å². The van der Waals surface area contributed by atoms with E-state index in [4.69, 9.17) is 23.2 Å². The van der Waals surface area contributed by atoms with E-state index in [2.05, 4.69) is 10.3 Å². The van der Waals surface area contributed by atoms with Gasteiger partial charge in [-0.15, -0.1) is 0 Å². The number of benzene rings is 1. The number of nitrogens with zero attached hydrogens (tertiary/aromatic N) is 2. The first kappa shape index (κ1) is 13.9. The number of rotatable bonds is 2. The van der Waals surface area contributed by atoms with Gasteiger partial charge in [0.15, 0.2) is 0 Å². The zero-order chi connectivity index (χ0) is 15.0. The number of hydrogen-bond acceptors (Lipinski definition) is 2. The number of anilines is 1. The minimum absolute atomic E-state index is 0.246. The summed E-state index contributed by atoms with van der Waals surface area (Å²) in [6.07, 6.45) is 1.67. The van der Waals surface area contributed by atoms with Crippen molar-refractivity contribution in [3.05, 3.63) is 64.0 Å². The zero-order valence-electron chi connectivity index (χ0n) is 11.1. The Morgan fingerprint density at radius 1 is 1.10 bits per heavy atom. The second-order valence-electron chi connectivity index (χ2n) is 4.58. The highest BCUT2D eigenvalue weighted by Gasteiger charge is 2.16. The van der Waals surface area contributed by atoms with Crippen LogP contribution in [0.2, 0.25) is 10.0 Å². The number of amides is 1. The third-order valence-corrected chi connectivity index (χ3v) is 3.55. The summed E-state index contributed by atoms with van der Waals surface area (Å²) in [4.78, 5) is 16.8. The molecule has 0 fully saturated rings. The molecule has 2 aromatic heterocycles. The van der Waals surface area contributed by atoms with Gasteiger partial charge in [-0.1, -0.05) is 23.2 Å². The Hall–Kier alpha value is -2.04. The summed E-state index contributed by atoms with van der Waals surface area (Å²) in [7, 11) is 0. The molecule has 1 N–H and O–H groups in total. The molecule has 0 aliphatic heterocycles. The van der Waals surface area contributed by atoms with Gasteiger partial charge in [0.2, 0.25) is 0 Å². The van der Waals surface area contributed by atoms with E-state index in [0.29, 0.717) is 32.8 Å². The molecule has 1 aromatic carbocycles. The van der Waals surface area contributed by atoms with E-state index < -0.39 is 0 Å². The van der Waals surface area contributed by atoms with Gasteiger partial charge in [0.05, 0.1) is 10.7 Å². The van der Waals surface area contributed by atoms with E-state index >= 15 is 0 Å². The van der Waals surface area contributed by atoms with Gasteiger partial charge in [0.25, 0.3) is 5.91 Å². The summed E-state index contributed by atoms with van der Waals surface area (Å²) < 4.78 is 1.68. The first-order valence-electron chi connectivity index (χ1n) is 6.26. The number of aromatic nitrogens is 2. The number of aryl methyl sites for hydroxylation is 1. The van der Waals surface area contributed by atoms with Gasteiger partial charge in [-0.05, 0) is 43.3 Å². The molecule has 0 aliphatic carbocycles. The molecule has 1 amide bonds. The molecule has 3 aromatic rings. The van der Waals surface area contributed by atoms with Crippen LogP contribution in [0.4, 0.5) is 5.69 Å². The molecule has 21 heavy (non-hydrogen) atoms. The normalized spacial score (nSPS) is 10.8. The minimum atomic E-state index is -0.246. The van der Waals surface area contributed by atoms with E-state index in [1.165, 1.54) is 0 Å². The van der Waals surface area contributed by atoms with Crippen molar-refractivity contribution in [3.8, 4) is 0 Å². The Labute approximate surface area is 131 Å². The van der Waals surface area contributed by atoms with Crippen molar-refractivity contribution >= 4 is 40.4 Å². The molecular formula is C15H11Cl2N3O. The summed E-state index contributed by atoms with van der Waals surface area (Å²) in [6.45, 7) is 1.79. The van der Waals surface area contributed by atoms with Crippen molar-refractivity contribution in [2.24, 2.45) is 0 Å². The summed E-state index contributed by atoms with van der Waals surface area (Å²) in [5.41, 5.74) is 2.45. The number of hydrogen-bond donors (Lipinski definition) is 1. The molecule has 2 heterocycles. The largest absolute Gasteiger partial charge is 0.321 e. The Morgan fingerprint density at radius 3 is 2.48 bits per heavy atom. The van der Waals surface area contributed by atoms with Gasteiger partial charge in [0, 0.05) is 16.9 Å². The summed E-state index contributed by atoms with van der Waals surface area (Å²) in [5.74, 6) is -0.246. The highest BCUT2D eigenvalue weighted by Crippen LogP contribution is 2.19. The van der Waals surface area contributed by atoms with Gasteiger partial charge in [-0.3, -0.25) is 9.20 Å². The first-order valence-corrected chi connectivity index (χ1v) is 7.01. The van der Waals surface area contributed by atoms with Crippen LogP contribution in [0.3, 0.4) is 0 Å². The summed E-state index contributed by atoms with van der Waals surface area (Å²) >= 11 is 11.8. The maximum atomic E-state index is 12.5. The Balaban J connectivity index is 1.99. The highest BCUT2D eigenvalue weighted by atomic mass is 35.5. The fraction of sp³-hybridized carbons (Fsp3) is 0.0667. The fourth-order valence-corrected chi connectivity index (χ4v) is 2.42. The molecule has 6 heteroatoms. The molecule has 0 saturated carbocycles. The van der Waals surface area contributed by atoms with Gasteiger partial charge in [-0.25, -0.2) is 4.98 Å². The lowest BCUT2D eigenvalue weighted by Gasteiger charge is -2.06. The van der Waals surface area contributed by atoms with Crippen molar-refractivity contribution in [3.63, 3.8) is 0 Å². The maximum Gasteiger partial charge on any atom is 0.274 e.